The lowest BCUT2D eigenvalue weighted by molar-refractivity contribution is 0.0948. The van der Waals surface area contributed by atoms with Crippen molar-refractivity contribution in [3.8, 4) is 5.75 Å². The number of hydrogen-bond donors (Lipinski definition) is 2. The molecular weight excluding hydrogens is 349 g/mol. The Labute approximate surface area is 128 Å². The number of phenols is 1. The fourth-order valence-electron chi connectivity index (χ4n) is 1.62. The molecule has 3 nitrogen and oxygen atoms in total. The number of hydrogen-bond acceptors (Lipinski definition) is 2. The molecule has 2 rings (SSSR count). The third kappa shape index (κ3) is 3.49. The van der Waals surface area contributed by atoms with Crippen LogP contribution in [0.4, 0.5) is 4.39 Å². The maximum absolute atomic E-state index is 13.0. The smallest absolute Gasteiger partial charge is 0.255 e. The van der Waals surface area contributed by atoms with Crippen LogP contribution >= 0.6 is 27.5 Å². The van der Waals surface area contributed by atoms with E-state index in [0.717, 1.165) is 0 Å². The molecule has 1 amide bonds. The molecule has 2 aromatic rings. The van der Waals surface area contributed by atoms with Gasteiger partial charge < -0.3 is 10.4 Å². The van der Waals surface area contributed by atoms with E-state index in [1.165, 1.54) is 30.3 Å². The van der Waals surface area contributed by atoms with E-state index < -0.39 is 11.7 Å². The van der Waals surface area contributed by atoms with Crippen LogP contribution in [0.5, 0.6) is 5.75 Å². The first-order chi connectivity index (χ1) is 9.47. The first-order valence-corrected chi connectivity index (χ1v) is 6.85. The quantitative estimate of drug-likeness (QED) is 0.875. The predicted octanol–water partition coefficient (Wildman–Crippen LogP) is 3.88. The second kappa shape index (κ2) is 6.24. The van der Waals surface area contributed by atoms with Crippen molar-refractivity contribution in [2.24, 2.45) is 0 Å². The minimum atomic E-state index is -0.508. The molecule has 0 radical (unpaired) electrons. The number of rotatable bonds is 3. The average molecular weight is 359 g/mol. The Morgan fingerprint density at radius 1 is 1.30 bits per heavy atom. The summed E-state index contributed by atoms with van der Waals surface area (Å²) < 4.78 is 13.7. The lowest BCUT2D eigenvalue weighted by Gasteiger charge is -2.08. The molecule has 0 aromatic heterocycles. The molecular formula is C14H10BrClFNO2. The topological polar surface area (TPSA) is 49.3 Å². The highest BCUT2D eigenvalue weighted by molar-refractivity contribution is 9.10. The number of nitrogens with one attached hydrogen (secondary N) is 1. The van der Waals surface area contributed by atoms with E-state index >= 15 is 0 Å². The van der Waals surface area contributed by atoms with Crippen LogP contribution in [0.15, 0.2) is 40.9 Å². The molecule has 0 aliphatic heterocycles. The molecule has 0 bridgehead atoms. The third-order valence-electron chi connectivity index (χ3n) is 2.64. The Kier molecular flexibility index (Phi) is 4.62. The van der Waals surface area contributed by atoms with Crippen molar-refractivity contribution in [3.63, 3.8) is 0 Å². The summed E-state index contributed by atoms with van der Waals surface area (Å²) in [5.74, 6) is -1.04. The summed E-state index contributed by atoms with van der Waals surface area (Å²) in [6, 6.07) is 8.78. The van der Waals surface area contributed by atoms with E-state index in [1.807, 2.05) is 0 Å². The van der Waals surface area contributed by atoms with Crippen LogP contribution in [-0.2, 0) is 6.54 Å². The van der Waals surface area contributed by atoms with E-state index in [4.69, 9.17) is 11.6 Å². The zero-order valence-corrected chi connectivity index (χ0v) is 12.5. The van der Waals surface area contributed by atoms with Crippen molar-refractivity contribution in [2.75, 3.05) is 0 Å². The maximum atomic E-state index is 13.0. The van der Waals surface area contributed by atoms with E-state index in [0.29, 0.717) is 10.0 Å². The van der Waals surface area contributed by atoms with Gasteiger partial charge in [-0.25, -0.2) is 4.39 Å². The first-order valence-electron chi connectivity index (χ1n) is 5.68. The van der Waals surface area contributed by atoms with Crippen molar-refractivity contribution in [3.05, 3.63) is 62.8 Å². The fourth-order valence-corrected chi connectivity index (χ4v) is 2.18. The summed E-state index contributed by atoms with van der Waals surface area (Å²) in [7, 11) is 0. The largest absolute Gasteiger partial charge is 0.507 e. The van der Waals surface area contributed by atoms with Crippen molar-refractivity contribution in [1.29, 1.82) is 0 Å². The molecule has 0 saturated heterocycles. The van der Waals surface area contributed by atoms with Gasteiger partial charge in [0.15, 0.2) is 0 Å². The van der Waals surface area contributed by atoms with Gasteiger partial charge in [-0.1, -0.05) is 33.6 Å². The van der Waals surface area contributed by atoms with Gasteiger partial charge in [-0.15, -0.1) is 0 Å². The van der Waals surface area contributed by atoms with Crippen LogP contribution in [0.2, 0.25) is 5.02 Å². The zero-order valence-electron chi connectivity index (χ0n) is 10.2. The van der Waals surface area contributed by atoms with Gasteiger partial charge in [0.05, 0.1) is 10.6 Å². The van der Waals surface area contributed by atoms with Gasteiger partial charge in [-0.2, -0.15) is 0 Å². The van der Waals surface area contributed by atoms with Gasteiger partial charge in [0.1, 0.15) is 11.6 Å². The summed E-state index contributed by atoms with van der Waals surface area (Å²) in [5, 5.41) is 12.3. The average Bonchev–Trinajstić information content (AvgIpc) is 2.42. The molecule has 0 atom stereocenters. The number of phenolic OH excluding ortho intramolecular Hbond substituents is 1. The van der Waals surface area contributed by atoms with E-state index in [-0.39, 0.29) is 22.9 Å². The zero-order chi connectivity index (χ0) is 14.7. The molecule has 104 valence electrons. The van der Waals surface area contributed by atoms with Crippen LogP contribution in [-0.4, -0.2) is 11.0 Å². The Morgan fingerprint density at radius 2 is 2.05 bits per heavy atom. The first kappa shape index (κ1) is 14.8. The summed E-state index contributed by atoms with van der Waals surface area (Å²) >= 11 is 8.89. The van der Waals surface area contributed by atoms with Crippen LogP contribution < -0.4 is 5.32 Å². The number of benzene rings is 2. The monoisotopic (exact) mass is 357 g/mol. The molecule has 0 unspecified atom stereocenters. The standard InChI is InChI=1S/C14H10BrClFNO2/c15-9-2-4-13(19)10(6-9)14(20)18-7-8-1-3-12(17)11(16)5-8/h1-6,19H,7H2,(H,18,20). The minimum absolute atomic E-state index is 0.00190. The number of aromatic hydroxyl groups is 1. The lowest BCUT2D eigenvalue weighted by atomic mass is 10.1. The lowest BCUT2D eigenvalue weighted by Crippen LogP contribution is -2.22. The number of amides is 1. The second-order valence-electron chi connectivity index (χ2n) is 4.09. The second-order valence-corrected chi connectivity index (χ2v) is 5.42. The van der Waals surface area contributed by atoms with Gasteiger partial charge in [-0.05, 0) is 35.9 Å². The SMILES string of the molecule is O=C(NCc1ccc(F)c(Cl)c1)c1cc(Br)ccc1O. The van der Waals surface area contributed by atoms with Gasteiger partial charge in [-0.3, -0.25) is 4.79 Å². The van der Waals surface area contributed by atoms with Gasteiger partial charge in [0, 0.05) is 11.0 Å². The predicted molar refractivity (Wildman–Crippen MR) is 78.4 cm³/mol. The normalized spacial score (nSPS) is 10.3. The summed E-state index contributed by atoms with van der Waals surface area (Å²) in [6.07, 6.45) is 0. The number of carbonyl (C=O) groups excluding carboxylic acids is 1. The molecule has 0 aliphatic rings. The fraction of sp³-hybridized carbons (Fsp3) is 0.0714. The summed E-state index contributed by atoms with van der Waals surface area (Å²) in [6.45, 7) is 0.185. The van der Waals surface area contributed by atoms with Crippen molar-refractivity contribution < 1.29 is 14.3 Å². The van der Waals surface area contributed by atoms with E-state index in [9.17, 15) is 14.3 Å². The van der Waals surface area contributed by atoms with Crippen molar-refractivity contribution in [1.82, 2.24) is 5.32 Å². The Bertz CT molecular complexity index is 664. The maximum Gasteiger partial charge on any atom is 0.255 e. The van der Waals surface area contributed by atoms with Crippen molar-refractivity contribution in [2.45, 2.75) is 6.54 Å². The van der Waals surface area contributed by atoms with E-state index in [1.54, 1.807) is 6.07 Å². The highest BCUT2D eigenvalue weighted by atomic mass is 79.9. The molecule has 20 heavy (non-hydrogen) atoms. The van der Waals surface area contributed by atoms with Gasteiger partial charge in [0.25, 0.3) is 5.91 Å². The minimum Gasteiger partial charge on any atom is -0.507 e. The Balaban J connectivity index is 2.08. The highest BCUT2D eigenvalue weighted by Crippen LogP contribution is 2.22. The highest BCUT2D eigenvalue weighted by Gasteiger charge is 2.11. The third-order valence-corrected chi connectivity index (χ3v) is 3.42. The number of halogens is 3. The summed E-state index contributed by atoms with van der Waals surface area (Å²) in [4.78, 5) is 11.9. The molecule has 0 saturated carbocycles. The van der Waals surface area contributed by atoms with Crippen LogP contribution in [0.1, 0.15) is 15.9 Å². The number of carbonyl (C=O) groups is 1. The molecule has 6 heteroatoms. The summed E-state index contributed by atoms with van der Waals surface area (Å²) in [5.41, 5.74) is 0.826. The Morgan fingerprint density at radius 3 is 2.75 bits per heavy atom. The molecule has 2 N–H and O–H groups in total. The molecule has 2 aromatic carbocycles. The molecule has 0 aliphatic carbocycles. The van der Waals surface area contributed by atoms with Crippen LogP contribution in [0, 0.1) is 5.82 Å². The van der Waals surface area contributed by atoms with Crippen molar-refractivity contribution >= 4 is 33.4 Å². The molecule has 0 heterocycles. The van der Waals surface area contributed by atoms with Crippen LogP contribution in [0.3, 0.4) is 0 Å². The van der Waals surface area contributed by atoms with Gasteiger partial charge in [0.2, 0.25) is 0 Å². The molecule has 0 spiro atoms. The Hall–Kier alpha value is -1.59. The molecule has 0 fully saturated rings. The van der Waals surface area contributed by atoms with Gasteiger partial charge >= 0.3 is 0 Å². The van der Waals surface area contributed by atoms with E-state index in [2.05, 4.69) is 21.2 Å². The van der Waals surface area contributed by atoms with Crippen LogP contribution in [0.25, 0.3) is 0 Å².